The minimum absolute atomic E-state index is 0.150. The van der Waals surface area contributed by atoms with Crippen molar-refractivity contribution < 1.29 is 22.7 Å². The van der Waals surface area contributed by atoms with Crippen LogP contribution in [0.3, 0.4) is 0 Å². The molecule has 0 saturated carbocycles. The number of halogens is 3. The van der Waals surface area contributed by atoms with Gasteiger partial charge in [-0.3, -0.25) is 0 Å². The molecule has 2 amide bonds. The minimum atomic E-state index is -4.75. The molecule has 1 aliphatic carbocycles. The van der Waals surface area contributed by atoms with Crippen molar-refractivity contribution in [2.24, 2.45) is 0 Å². The highest BCUT2D eigenvalue weighted by Crippen LogP contribution is 2.37. The number of carbonyl (C=O) groups is 1. The molecule has 2 N–H and O–H groups in total. The number of aromatic nitrogens is 3. The molecule has 6 rings (SSSR count). The largest absolute Gasteiger partial charge is 0.573 e. The Morgan fingerprint density at radius 1 is 1.02 bits per heavy atom. The van der Waals surface area contributed by atoms with Gasteiger partial charge in [-0.1, -0.05) is 50.2 Å². The highest BCUT2D eigenvalue weighted by molar-refractivity contribution is 8.00. The van der Waals surface area contributed by atoms with Crippen LogP contribution in [-0.4, -0.2) is 45.0 Å². The number of thioether (sulfide) groups is 1. The summed E-state index contributed by atoms with van der Waals surface area (Å²) in [4.78, 5) is 19.9. The number of hydrogen-bond donors (Lipinski definition) is 2. The van der Waals surface area contributed by atoms with E-state index in [-0.39, 0.29) is 17.3 Å². The molecule has 46 heavy (non-hydrogen) atoms. The third-order valence-corrected chi connectivity index (χ3v) is 9.24. The molecular weight excluding hydrogens is 613 g/mol. The first-order valence-electron chi connectivity index (χ1n) is 15.2. The lowest BCUT2D eigenvalue weighted by Gasteiger charge is -2.30. The van der Waals surface area contributed by atoms with Crippen LogP contribution in [0.1, 0.15) is 55.7 Å². The van der Waals surface area contributed by atoms with E-state index in [9.17, 15) is 18.0 Å². The molecule has 2 heterocycles. The number of carbonyl (C=O) groups excluding carboxylic acids is 1. The lowest BCUT2D eigenvalue weighted by molar-refractivity contribution is -0.274. The minimum Gasteiger partial charge on any atom is -0.406 e. The summed E-state index contributed by atoms with van der Waals surface area (Å²) < 4.78 is 42.8. The Balaban J connectivity index is 1.12. The van der Waals surface area contributed by atoms with Crippen molar-refractivity contribution in [1.82, 2.24) is 25.4 Å². The summed E-state index contributed by atoms with van der Waals surface area (Å²) in [6.45, 7) is 7.42. The first-order valence-corrected chi connectivity index (χ1v) is 16.3. The molecule has 4 aromatic rings. The van der Waals surface area contributed by atoms with Gasteiger partial charge >= 0.3 is 12.4 Å². The monoisotopic (exact) mass is 648 g/mol. The van der Waals surface area contributed by atoms with Crippen LogP contribution in [0, 0.1) is 6.92 Å². The highest BCUT2D eigenvalue weighted by Gasteiger charge is 2.31. The lowest BCUT2D eigenvalue weighted by atomic mass is 9.95. The van der Waals surface area contributed by atoms with Crippen molar-refractivity contribution in [1.29, 1.82) is 0 Å². The number of ether oxygens (including phenoxy) is 1. The maximum atomic E-state index is 13.3. The van der Waals surface area contributed by atoms with Crippen LogP contribution in [0.2, 0.25) is 0 Å². The zero-order valence-electron chi connectivity index (χ0n) is 25.8. The Hall–Kier alpha value is -4.45. The molecule has 3 aromatic carbocycles. The van der Waals surface area contributed by atoms with Crippen molar-refractivity contribution in [3.05, 3.63) is 95.4 Å². The SMILES string of the molecule is Cc1cccc(N2CCSC2NC(=O)NC2=C(c3ccc(-c4ncn(-c5ccc(OC(F)(F)F)cc5)n4)cc3)CCC2)c1C(C)C. The number of aryl methyl sites for hydroxylation is 1. The van der Waals surface area contributed by atoms with E-state index in [1.165, 1.54) is 52.1 Å². The molecule has 0 radical (unpaired) electrons. The normalized spacial score (nSPS) is 16.8. The third kappa shape index (κ3) is 7.01. The second-order valence-corrected chi connectivity index (χ2v) is 12.8. The van der Waals surface area contributed by atoms with Gasteiger partial charge < -0.3 is 20.3 Å². The fourth-order valence-electron chi connectivity index (χ4n) is 6.13. The van der Waals surface area contributed by atoms with Crippen molar-refractivity contribution >= 4 is 29.1 Å². The lowest BCUT2D eigenvalue weighted by Crippen LogP contribution is -2.47. The number of rotatable bonds is 8. The molecule has 1 fully saturated rings. The van der Waals surface area contributed by atoms with Gasteiger partial charge in [0.2, 0.25) is 0 Å². The molecular formula is C34H35F3N6O2S. The Kier molecular flexibility index (Phi) is 8.99. The Morgan fingerprint density at radius 2 is 1.76 bits per heavy atom. The summed E-state index contributed by atoms with van der Waals surface area (Å²) in [7, 11) is 0. The molecule has 1 unspecified atom stereocenters. The third-order valence-electron chi connectivity index (χ3n) is 8.13. The maximum absolute atomic E-state index is 13.3. The summed E-state index contributed by atoms with van der Waals surface area (Å²) in [6.07, 6.45) is -0.629. The summed E-state index contributed by atoms with van der Waals surface area (Å²) in [5.41, 5.74) is 8.01. The van der Waals surface area contributed by atoms with Gasteiger partial charge in [0, 0.05) is 29.2 Å². The van der Waals surface area contributed by atoms with Gasteiger partial charge in [-0.2, -0.15) is 0 Å². The quantitative estimate of drug-likeness (QED) is 0.202. The number of amides is 2. The Labute approximate surface area is 270 Å². The zero-order valence-corrected chi connectivity index (χ0v) is 26.6. The van der Waals surface area contributed by atoms with E-state index in [1.807, 2.05) is 24.3 Å². The number of urea groups is 1. The number of nitrogens with one attached hydrogen (secondary N) is 2. The van der Waals surface area contributed by atoms with Gasteiger partial charge in [0.15, 0.2) is 11.3 Å². The Bertz CT molecular complexity index is 1740. The first kappa shape index (κ1) is 31.5. The average Bonchev–Trinajstić information content (AvgIpc) is 3.78. The second kappa shape index (κ2) is 13.1. The smallest absolute Gasteiger partial charge is 0.406 e. The predicted octanol–water partition coefficient (Wildman–Crippen LogP) is 8.00. The van der Waals surface area contributed by atoms with E-state index in [0.717, 1.165) is 54.0 Å². The molecule has 240 valence electrons. The van der Waals surface area contributed by atoms with E-state index < -0.39 is 6.36 Å². The van der Waals surface area contributed by atoms with Crippen molar-refractivity contribution in [2.45, 2.75) is 57.8 Å². The van der Waals surface area contributed by atoms with E-state index in [4.69, 9.17) is 0 Å². The van der Waals surface area contributed by atoms with E-state index in [0.29, 0.717) is 17.4 Å². The van der Waals surface area contributed by atoms with Gasteiger partial charge in [-0.25, -0.2) is 14.5 Å². The van der Waals surface area contributed by atoms with E-state index in [2.05, 4.69) is 69.3 Å². The topological polar surface area (TPSA) is 84.3 Å². The van der Waals surface area contributed by atoms with Crippen LogP contribution in [0.5, 0.6) is 5.75 Å². The fourth-order valence-corrected chi connectivity index (χ4v) is 7.24. The van der Waals surface area contributed by atoms with Gasteiger partial charge in [0.05, 0.1) is 5.69 Å². The fraction of sp³-hybridized carbons (Fsp3) is 0.324. The number of benzene rings is 3. The van der Waals surface area contributed by atoms with Gasteiger partial charge in [-0.15, -0.1) is 30.0 Å². The number of allylic oxidation sites excluding steroid dienone is 2. The number of anilines is 1. The predicted molar refractivity (Wildman–Crippen MR) is 175 cm³/mol. The Morgan fingerprint density at radius 3 is 2.48 bits per heavy atom. The average molecular weight is 649 g/mol. The van der Waals surface area contributed by atoms with Crippen molar-refractivity contribution in [3.63, 3.8) is 0 Å². The van der Waals surface area contributed by atoms with Gasteiger partial charge in [0.25, 0.3) is 0 Å². The van der Waals surface area contributed by atoms with Crippen LogP contribution >= 0.6 is 11.8 Å². The number of nitrogens with zero attached hydrogens (tertiary/aromatic N) is 4. The second-order valence-electron chi connectivity index (χ2n) is 11.6. The molecule has 0 bridgehead atoms. The zero-order chi connectivity index (χ0) is 32.4. The molecule has 0 spiro atoms. The van der Waals surface area contributed by atoms with E-state index in [1.54, 1.807) is 11.8 Å². The summed E-state index contributed by atoms with van der Waals surface area (Å²) >= 11 is 1.74. The first-order chi connectivity index (χ1) is 22.1. The molecule has 12 heteroatoms. The van der Waals surface area contributed by atoms with Crippen molar-refractivity contribution in [3.8, 4) is 22.8 Å². The van der Waals surface area contributed by atoms with Crippen molar-refractivity contribution in [2.75, 3.05) is 17.2 Å². The standard InChI is InChI=1S/C34H35F3N6O2S/c1-21(2)30-22(3)6-4-9-29(30)42-18-19-46-33(42)40-32(44)39-28-8-5-7-27(28)23-10-12-24(13-11-23)31-38-20-43(41-31)25-14-16-26(17-15-25)45-34(35,36)37/h4,6,9-17,20-21,33H,5,7-8,18-19H2,1-3H3,(H2,39,40,44). The highest BCUT2D eigenvalue weighted by atomic mass is 32.2. The molecule has 8 nitrogen and oxygen atoms in total. The van der Waals surface area contributed by atoms with Gasteiger partial charge in [0.1, 0.15) is 12.1 Å². The van der Waals surface area contributed by atoms with Gasteiger partial charge in [-0.05, 0) is 84.7 Å². The molecule has 1 saturated heterocycles. The van der Waals surface area contributed by atoms with Crippen LogP contribution in [-0.2, 0) is 0 Å². The molecule has 2 aliphatic rings. The summed E-state index contributed by atoms with van der Waals surface area (Å²) in [5.74, 6) is 1.49. The number of alkyl halides is 3. The summed E-state index contributed by atoms with van der Waals surface area (Å²) in [6, 6.07) is 19.4. The van der Waals surface area contributed by atoms with Crippen LogP contribution in [0.25, 0.3) is 22.6 Å². The maximum Gasteiger partial charge on any atom is 0.573 e. The summed E-state index contributed by atoms with van der Waals surface area (Å²) in [5, 5.41) is 10.8. The molecule has 1 atom stereocenters. The molecule has 1 aromatic heterocycles. The van der Waals surface area contributed by atoms with Crippen LogP contribution in [0.15, 0.2) is 78.8 Å². The molecule has 1 aliphatic heterocycles. The number of hydrogen-bond acceptors (Lipinski definition) is 6. The van der Waals surface area contributed by atoms with Crippen LogP contribution in [0.4, 0.5) is 23.7 Å². The van der Waals surface area contributed by atoms with E-state index >= 15 is 0 Å². The van der Waals surface area contributed by atoms with Crippen LogP contribution < -0.4 is 20.3 Å².